The van der Waals surface area contributed by atoms with Crippen LogP contribution in [-0.2, 0) is 9.53 Å². The van der Waals surface area contributed by atoms with Crippen LogP contribution in [0.1, 0.15) is 25.6 Å². The highest BCUT2D eigenvalue weighted by atomic mass is 32.2. The van der Waals surface area contributed by atoms with E-state index in [1.54, 1.807) is 11.3 Å². The first-order valence-corrected chi connectivity index (χ1v) is 7.93. The summed E-state index contributed by atoms with van der Waals surface area (Å²) in [4.78, 5) is 22.1. The second-order valence-electron chi connectivity index (χ2n) is 5.34. The Morgan fingerprint density at radius 3 is 2.80 bits per heavy atom. The van der Waals surface area contributed by atoms with Crippen molar-refractivity contribution in [1.82, 2.24) is 9.97 Å². The van der Waals surface area contributed by atoms with Crippen molar-refractivity contribution in [2.24, 2.45) is 0 Å². The number of nitrogens with zero attached hydrogens (tertiary/aromatic N) is 2. The van der Waals surface area contributed by atoms with Crippen LogP contribution in [0.15, 0.2) is 11.1 Å². The largest absolute Gasteiger partial charge is 0.459 e. The van der Waals surface area contributed by atoms with Crippen molar-refractivity contribution in [3.8, 4) is 0 Å². The van der Waals surface area contributed by atoms with Gasteiger partial charge in [-0.2, -0.15) is 0 Å². The summed E-state index contributed by atoms with van der Waals surface area (Å²) in [5.74, 6) is 0.170. The van der Waals surface area contributed by atoms with Crippen molar-refractivity contribution >= 4 is 45.2 Å². The Balaban J connectivity index is 2.15. The predicted octanol–water partition coefficient (Wildman–Crippen LogP) is 3.02. The zero-order valence-corrected chi connectivity index (χ0v) is 13.5. The highest BCUT2D eigenvalue weighted by molar-refractivity contribution is 8.00. The normalized spacial score (nSPS) is 11.8. The molecule has 20 heavy (non-hydrogen) atoms. The molecule has 0 aliphatic carbocycles. The summed E-state index contributed by atoms with van der Waals surface area (Å²) in [7, 11) is 0. The SMILES string of the molecule is Cc1cc2c(SCC(=O)OC(C)(C)C)nc(N)nc2s1. The Morgan fingerprint density at radius 2 is 2.15 bits per heavy atom. The molecule has 0 fully saturated rings. The lowest BCUT2D eigenvalue weighted by atomic mass is 10.2. The zero-order chi connectivity index (χ0) is 14.9. The van der Waals surface area contributed by atoms with Gasteiger partial charge in [0.15, 0.2) is 0 Å². The van der Waals surface area contributed by atoms with Crippen LogP contribution in [0.2, 0.25) is 0 Å². The van der Waals surface area contributed by atoms with Gasteiger partial charge in [0.25, 0.3) is 0 Å². The second-order valence-corrected chi connectivity index (χ2v) is 7.54. The molecule has 0 saturated heterocycles. The zero-order valence-electron chi connectivity index (χ0n) is 11.9. The molecule has 0 aliphatic heterocycles. The van der Waals surface area contributed by atoms with E-state index in [-0.39, 0.29) is 17.7 Å². The fourth-order valence-corrected chi connectivity index (χ4v) is 3.37. The summed E-state index contributed by atoms with van der Waals surface area (Å²) in [6.07, 6.45) is 0. The average molecular weight is 311 g/mol. The van der Waals surface area contributed by atoms with Crippen molar-refractivity contribution in [1.29, 1.82) is 0 Å². The summed E-state index contributed by atoms with van der Waals surface area (Å²) in [6, 6.07) is 2.01. The number of nitrogens with two attached hydrogens (primary N) is 1. The van der Waals surface area contributed by atoms with Gasteiger partial charge in [-0.25, -0.2) is 9.97 Å². The Labute approximate surface area is 125 Å². The average Bonchev–Trinajstić information content (AvgIpc) is 2.63. The fraction of sp³-hybridized carbons (Fsp3) is 0.462. The van der Waals surface area contributed by atoms with Crippen molar-refractivity contribution in [2.45, 2.75) is 38.3 Å². The number of hydrogen-bond acceptors (Lipinski definition) is 7. The van der Waals surface area contributed by atoms with Gasteiger partial charge in [0, 0.05) is 10.3 Å². The number of esters is 1. The molecule has 2 aromatic heterocycles. The van der Waals surface area contributed by atoms with Gasteiger partial charge in [0.2, 0.25) is 5.95 Å². The number of anilines is 1. The summed E-state index contributed by atoms with van der Waals surface area (Å²) in [6.45, 7) is 7.54. The van der Waals surface area contributed by atoms with Crippen LogP contribution in [0.4, 0.5) is 5.95 Å². The van der Waals surface area contributed by atoms with Crippen LogP contribution in [-0.4, -0.2) is 27.3 Å². The van der Waals surface area contributed by atoms with Crippen molar-refractivity contribution in [3.63, 3.8) is 0 Å². The summed E-state index contributed by atoms with van der Waals surface area (Å²) < 4.78 is 5.28. The van der Waals surface area contributed by atoms with E-state index in [0.717, 1.165) is 20.1 Å². The molecular formula is C13H17N3O2S2. The first-order valence-electron chi connectivity index (χ1n) is 6.13. The van der Waals surface area contributed by atoms with E-state index in [4.69, 9.17) is 10.5 Å². The molecule has 7 heteroatoms. The van der Waals surface area contributed by atoms with E-state index >= 15 is 0 Å². The minimum atomic E-state index is -0.476. The van der Waals surface area contributed by atoms with Crippen LogP contribution in [0.5, 0.6) is 0 Å². The number of thiophene rings is 1. The lowest BCUT2D eigenvalue weighted by Crippen LogP contribution is -2.24. The molecule has 108 valence electrons. The highest BCUT2D eigenvalue weighted by Crippen LogP contribution is 2.31. The van der Waals surface area contributed by atoms with Crippen LogP contribution in [0.25, 0.3) is 10.2 Å². The van der Waals surface area contributed by atoms with E-state index in [0.29, 0.717) is 0 Å². The first-order chi connectivity index (χ1) is 9.24. The number of nitrogen functional groups attached to an aromatic ring is 1. The molecule has 2 heterocycles. The van der Waals surface area contributed by atoms with Gasteiger partial charge in [-0.15, -0.1) is 11.3 Å². The molecule has 0 atom stereocenters. The quantitative estimate of drug-likeness (QED) is 0.533. The minimum Gasteiger partial charge on any atom is -0.459 e. The van der Waals surface area contributed by atoms with Crippen LogP contribution in [0.3, 0.4) is 0 Å². The van der Waals surface area contributed by atoms with Crippen molar-refractivity contribution in [3.05, 3.63) is 10.9 Å². The molecule has 0 bridgehead atoms. The van der Waals surface area contributed by atoms with E-state index in [2.05, 4.69) is 9.97 Å². The van der Waals surface area contributed by atoms with E-state index < -0.39 is 5.60 Å². The van der Waals surface area contributed by atoms with Gasteiger partial charge in [-0.3, -0.25) is 4.79 Å². The monoisotopic (exact) mass is 311 g/mol. The Kier molecular flexibility index (Phi) is 4.19. The topological polar surface area (TPSA) is 78.1 Å². The van der Waals surface area contributed by atoms with Crippen molar-refractivity contribution in [2.75, 3.05) is 11.5 Å². The Hall–Kier alpha value is -1.34. The third-order valence-electron chi connectivity index (χ3n) is 2.25. The summed E-state index contributed by atoms with van der Waals surface area (Å²) >= 11 is 2.89. The van der Waals surface area contributed by atoms with E-state index in [1.807, 2.05) is 33.8 Å². The standard InChI is InChI=1S/C13H17N3O2S2/c1-7-5-8-10(15-12(14)16-11(8)20-7)19-6-9(17)18-13(2,3)4/h5H,6H2,1-4H3,(H2,14,15,16). The second kappa shape index (κ2) is 5.57. The van der Waals surface area contributed by atoms with Gasteiger partial charge in [0.1, 0.15) is 15.5 Å². The van der Waals surface area contributed by atoms with E-state index in [1.165, 1.54) is 11.8 Å². The molecule has 0 amide bonds. The van der Waals surface area contributed by atoms with Crippen molar-refractivity contribution < 1.29 is 9.53 Å². The fourth-order valence-electron chi connectivity index (χ4n) is 1.64. The van der Waals surface area contributed by atoms with E-state index in [9.17, 15) is 4.79 Å². The number of thioether (sulfide) groups is 1. The first kappa shape index (κ1) is 15.1. The summed E-state index contributed by atoms with van der Waals surface area (Å²) in [5, 5.41) is 1.66. The molecule has 0 spiro atoms. The molecule has 2 N–H and O–H groups in total. The summed E-state index contributed by atoms with van der Waals surface area (Å²) in [5.41, 5.74) is 5.22. The third-order valence-corrected chi connectivity index (χ3v) is 4.15. The maximum Gasteiger partial charge on any atom is 0.316 e. The van der Waals surface area contributed by atoms with Gasteiger partial charge in [-0.05, 0) is 33.8 Å². The molecule has 0 saturated carbocycles. The number of fused-ring (bicyclic) bond motifs is 1. The smallest absolute Gasteiger partial charge is 0.316 e. The lowest BCUT2D eigenvalue weighted by Gasteiger charge is -2.19. The van der Waals surface area contributed by atoms with Gasteiger partial charge < -0.3 is 10.5 Å². The third kappa shape index (κ3) is 3.83. The number of rotatable bonds is 3. The molecule has 0 aromatic carbocycles. The lowest BCUT2D eigenvalue weighted by molar-refractivity contribution is -0.151. The number of hydrogen-bond donors (Lipinski definition) is 1. The molecule has 2 rings (SSSR count). The molecule has 2 aromatic rings. The number of aryl methyl sites for hydroxylation is 1. The van der Waals surface area contributed by atoms with Gasteiger partial charge >= 0.3 is 5.97 Å². The Bertz CT molecular complexity index is 647. The minimum absolute atomic E-state index is 0.206. The molecule has 0 aliphatic rings. The Morgan fingerprint density at radius 1 is 1.45 bits per heavy atom. The molecular weight excluding hydrogens is 294 g/mol. The highest BCUT2D eigenvalue weighted by Gasteiger charge is 2.17. The molecule has 5 nitrogen and oxygen atoms in total. The van der Waals surface area contributed by atoms with Crippen LogP contribution >= 0.6 is 23.1 Å². The number of carbonyl (C=O) groups is 1. The van der Waals surface area contributed by atoms with Gasteiger partial charge in [-0.1, -0.05) is 11.8 Å². The van der Waals surface area contributed by atoms with Crippen LogP contribution in [0, 0.1) is 6.92 Å². The van der Waals surface area contributed by atoms with Crippen LogP contribution < -0.4 is 5.73 Å². The predicted molar refractivity (Wildman–Crippen MR) is 83.1 cm³/mol. The van der Waals surface area contributed by atoms with Gasteiger partial charge in [0.05, 0.1) is 5.75 Å². The molecule has 0 radical (unpaired) electrons. The maximum absolute atomic E-state index is 11.7. The number of ether oxygens (including phenoxy) is 1. The maximum atomic E-state index is 11.7. The number of aromatic nitrogens is 2. The molecule has 0 unspecified atom stereocenters. The number of carbonyl (C=O) groups excluding carboxylic acids is 1.